The Morgan fingerprint density at radius 1 is 1.21 bits per heavy atom. The molecule has 7 heteroatoms. The van der Waals surface area contributed by atoms with E-state index in [0.717, 1.165) is 31.2 Å². The van der Waals surface area contributed by atoms with Gasteiger partial charge in [0, 0.05) is 19.4 Å². The second-order valence-electron chi connectivity index (χ2n) is 9.46. The summed E-state index contributed by atoms with van der Waals surface area (Å²) in [6.07, 6.45) is 7.63. The van der Waals surface area contributed by atoms with Crippen LogP contribution in [0.4, 0.5) is 0 Å². The fraction of sp³-hybridized carbons (Fsp3) is 0.615. The van der Waals surface area contributed by atoms with Crippen LogP contribution < -0.4 is 4.74 Å². The molecule has 1 aromatic rings. The smallest absolute Gasteiger partial charge is 0.303 e. The molecule has 0 aromatic heterocycles. The van der Waals surface area contributed by atoms with Crippen LogP contribution >= 0.6 is 0 Å². The van der Waals surface area contributed by atoms with Gasteiger partial charge in [0.15, 0.2) is 0 Å². The topological polar surface area (TPSA) is 96.3 Å². The molecule has 2 N–H and O–H groups in total. The minimum Gasteiger partial charge on any atom is -0.491 e. The summed E-state index contributed by atoms with van der Waals surface area (Å²) in [6.45, 7) is 7.58. The molecule has 7 nitrogen and oxygen atoms in total. The van der Waals surface area contributed by atoms with E-state index in [-0.39, 0.29) is 24.0 Å². The number of rotatable bonds is 14. The molecule has 0 bridgehead atoms. The summed E-state index contributed by atoms with van der Waals surface area (Å²) in [5.41, 5.74) is 0.525. The molecule has 0 spiro atoms. The number of hydrogen-bond acceptors (Lipinski definition) is 5. The van der Waals surface area contributed by atoms with Gasteiger partial charge in [-0.05, 0) is 57.7 Å². The molecule has 1 aliphatic rings. The lowest BCUT2D eigenvalue weighted by molar-refractivity contribution is -0.137. The highest BCUT2D eigenvalue weighted by Crippen LogP contribution is 2.24. The van der Waals surface area contributed by atoms with Gasteiger partial charge in [-0.2, -0.15) is 0 Å². The SMILES string of the molecule is CC(C)(C)OCCOc1cccc([C@H](O)C=CC2CCC(=O)N2CCCCCCC(=O)O)c1. The number of hydrogen-bond donors (Lipinski definition) is 2. The molecule has 0 saturated carbocycles. The van der Waals surface area contributed by atoms with Crippen LogP contribution in [0.15, 0.2) is 36.4 Å². The first kappa shape index (κ1) is 26.9. The van der Waals surface area contributed by atoms with Crippen LogP contribution in [0.5, 0.6) is 5.75 Å². The van der Waals surface area contributed by atoms with Crippen LogP contribution in [-0.2, 0) is 14.3 Å². The van der Waals surface area contributed by atoms with Gasteiger partial charge in [-0.1, -0.05) is 37.1 Å². The summed E-state index contributed by atoms with van der Waals surface area (Å²) in [6, 6.07) is 7.36. The molecule has 1 fully saturated rings. The first-order chi connectivity index (χ1) is 15.7. The van der Waals surface area contributed by atoms with Crippen LogP contribution in [-0.4, -0.2) is 58.4 Å². The maximum absolute atomic E-state index is 12.3. The molecule has 1 unspecified atom stereocenters. The molecule has 1 heterocycles. The van der Waals surface area contributed by atoms with E-state index in [0.29, 0.717) is 38.3 Å². The molecule has 0 aliphatic carbocycles. The van der Waals surface area contributed by atoms with Crippen LogP contribution in [0.2, 0.25) is 0 Å². The van der Waals surface area contributed by atoms with Gasteiger partial charge in [0.2, 0.25) is 5.91 Å². The summed E-state index contributed by atoms with van der Waals surface area (Å²) in [5.74, 6) is 0.0516. The van der Waals surface area contributed by atoms with E-state index in [1.165, 1.54) is 0 Å². The number of carbonyl (C=O) groups is 2. The zero-order valence-electron chi connectivity index (χ0n) is 20.2. The van der Waals surface area contributed by atoms with Gasteiger partial charge in [-0.25, -0.2) is 0 Å². The van der Waals surface area contributed by atoms with E-state index < -0.39 is 12.1 Å². The van der Waals surface area contributed by atoms with E-state index in [1.807, 2.05) is 56.0 Å². The number of aliphatic hydroxyl groups is 1. The van der Waals surface area contributed by atoms with Gasteiger partial charge >= 0.3 is 5.97 Å². The van der Waals surface area contributed by atoms with Gasteiger partial charge in [-0.15, -0.1) is 0 Å². The quantitative estimate of drug-likeness (QED) is 0.313. The van der Waals surface area contributed by atoms with Crippen molar-refractivity contribution in [2.45, 2.75) is 83.5 Å². The van der Waals surface area contributed by atoms with Crippen molar-refractivity contribution in [2.75, 3.05) is 19.8 Å². The number of unbranched alkanes of at least 4 members (excludes halogenated alkanes) is 3. The number of carbonyl (C=O) groups excluding carboxylic acids is 1. The van der Waals surface area contributed by atoms with E-state index in [2.05, 4.69) is 0 Å². The van der Waals surface area contributed by atoms with E-state index in [1.54, 1.807) is 6.08 Å². The van der Waals surface area contributed by atoms with Gasteiger partial charge < -0.3 is 24.6 Å². The third kappa shape index (κ3) is 10.4. The highest BCUT2D eigenvalue weighted by Gasteiger charge is 2.28. The number of likely N-dealkylation sites (tertiary alicyclic amines) is 1. The average molecular weight is 462 g/mol. The lowest BCUT2D eigenvalue weighted by Gasteiger charge is -2.22. The highest BCUT2D eigenvalue weighted by atomic mass is 16.5. The molecule has 1 amide bonds. The number of ether oxygens (including phenoxy) is 2. The first-order valence-corrected chi connectivity index (χ1v) is 11.9. The minimum absolute atomic E-state index is 0.0138. The number of carboxylic acid groups (broad SMARTS) is 1. The predicted molar refractivity (Wildman–Crippen MR) is 127 cm³/mol. The highest BCUT2D eigenvalue weighted by molar-refractivity contribution is 5.79. The lowest BCUT2D eigenvalue weighted by Crippen LogP contribution is -2.32. The largest absolute Gasteiger partial charge is 0.491 e. The van der Waals surface area contributed by atoms with Crippen molar-refractivity contribution in [1.82, 2.24) is 4.90 Å². The number of nitrogens with zero attached hydrogens (tertiary/aromatic N) is 1. The third-order valence-corrected chi connectivity index (χ3v) is 5.52. The Kier molecular flexibility index (Phi) is 10.9. The Bertz CT molecular complexity index is 785. The maximum Gasteiger partial charge on any atom is 0.303 e. The summed E-state index contributed by atoms with van der Waals surface area (Å²) in [7, 11) is 0. The van der Waals surface area contributed by atoms with Crippen molar-refractivity contribution in [3.63, 3.8) is 0 Å². The zero-order chi connectivity index (χ0) is 24.3. The van der Waals surface area contributed by atoms with Crippen molar-refractivity contribution in [3.05, 3.63) is 42.0 Å². The van der Waals surface area contributed by atoms with Gasteiger partial charge in [-0.3, -0.25) is 9.59 Å². The van der Waals surface area contributed by atoms with E-state index >= 15 is 0 Å². The fourth-order valence-electron chi connectivity index (χ4n) is 3.80. The molecule has 1 aromatic carbocycles. The van der Waals surface area contributed by atoms with Crippen molar-refractivity contribution < 1.29 is 29.3 Å². The molecule has 33 heavy (non-hydrogen) atoms. The van der Waals surface area contributed by atoms with Gasteiger partial charge in [0.05, 0.1) is 24.4 Å². The van der Waals surface area contributed by atoms with Crippen LogP contribution in [0.3, 0.4) is 0 Å². The Hall–Kier alpha value is -2.38. The van der Waals surface area contributed by atoms with E-state index in [4.69, 9.17) is 14.6 Å². The zero-order valence-corrected chi connectivity index (χ0v) is 20.2. The summed E-state index contributed by atoms with van der Waals surface area (Å²) in [4.78, 5) is 24.7. The molecule has 2 atom stereocenters. The Balaban J connectivity index is 1.82. The Morgan fingerprint density at radius 2 is 1.97 bits per heavy atom. The third-order valence-electron chi connectivity index (χ3n) is 5.52. The number of aliphatic hydroxyl groups excluding tert-OH is 1. The Morgan fingerprint density at radius 3 is 2.70 bits per heavy atom. The van der Waals surface area contributed by atoms with E-state index in [9.17, 15) is 14.7 Å². The molecule has 2 rings (SSSR count). The number of aliphatic carboxylic acids is 1. The predicted octanol–water partition coefficient (Wildman–Crippen LogP) is 4.50. The summed E-state index contributed by atoms with van der Waals surface area (Å²) >= 11 is 0. The van der Waals surface area contributed by atoms with Crippen LogP contribution in [0.25, 0.3) is 0 Å². The van der Waals surface area contributed by atoms with Crippen molar-refractivity contribution in [1.29, 1.82) is 0 Å². The van der Waals surface area contributed by atoms with Crippen LogP contribution in [0, 0.1) is 0 Å². The van der Waals surface area contributed by atoms with Crippen LogP contribution in [0.1, 0.15) is 77.4 Å². The van der Waals surface area contributed by atoms with Gasteiger partial charge in [0.1, 0.15) is 12.4 Å². The monoisotopic (exact) mass is 461 g/mol. The number of amides is 1. The minimum atomic E-state index is -0.784. The van der Waals surface area contributed by atoms with Gasteiger partial charge in [0.25, 0.3) is 0 Å². The average Bonchev–Trinajstić information content (AvgIpc) is 3.10. The molecular formula is C26H39NO6. The first-order valence-electron chi connectivity index (χ1n) is 11.9. The normalized spacial score (nSPS) is 17.6. The standard InChI is InChI=1S/C26H39NO6/c1-26(2,3)33-18-17-32-22-10-8-9-20(19-22)23(28)14-12-21-13-15-24(29)27(21)16-7-5-4-6-11-25(30)31/h8-10,12,14,19,21,23,28H,4-7,11,13,15-18H2,1-3H3,(H,30,31)/t21?,23-/m1/s1. The lowest BCUT2D eigenvalue weighted by atomic mass is 10.1. The molecule has 184 valence electrons. The summed E-state index contributed by atoms with van der Waals surface area (Å²) in [5, 5.41) is 19.3. The summed E-state index contributed by atoms with van der Waals surface area (Å²) < 4.78 is 11.4. The number of carboxylic acids is 1. The molecule has 1 saturated heterocycles. The number of benzene rings is 1. The molecule has 1 aliphatic heterocycles. The fourth-order valence-corrected chi connectivity index (χ4v) is 3.80. The maximum atomic E-state index is 12.3. The van der Waals surface area contributed by atoms with Crippen molar-refractivity contribution in [2.24, 2.45) is 0 Å². The second-order valence-corrected chi connectivity index (χ2v) is 9.46. The Labute approximate surface area is 197 Å². The second kappa shape index (κ2) is 13.4. The molecule has 0 radical (unpaired) electrons. The van der Waals surface area contributed by atoms with Crippen molar-refractivity contribution in [3.8, 4) is 5.75 Å². The molecular weight excluding hydrogens is 422 g/mol. The van der Waals surface area contributed by atoms with Crippen molar-refractivity contribution >= 4 is 11.9 Å².